The van der Waals surface area contributed by atoms with Gasteiger partial charge in [-0.1, -0.05) is 44.2 Å². The van der Waals surface area contributed by atoms with Crippen molar-refractivity contribution in [3.63, 3.8) is 0 Å². The maximum Gasteiger partial charge on any atom is 0.328 e. The summed E-state index contributed by atoms with van der Waals surface area (Å²) in [5, 5.41) is 27.4. The number of aromatic nitrogens is 2. The molecule has 0 bridgehead atoms. The molecule has 0 amide bonds. The largest absolute Gasteiger partial charge is 0.846 e. The summed E-state index contributed by atoms with van der Waals surface area (Å²) in [6.45, 7) is 5.72. The van der Waals surface area contributed by atoms with Crippen molar-refractivity contribution in [1.82, 2.24) is 5.27 Å². The van der Waals surface area contributed by atoms with Crippen LogP contribution in [0.25, 0.3) is 0 Å². The van der Waals surface area contributed by atoms with Gasteiger partial charge in [-0.15, -0.1) is 0 Å². The van der Waals surface area contributed by atoms with Crippen molar-refractivity contribution in [1.29, 1.82) is 0 Å². The van der Waals surface area contributed by atoms with E-state index >= 15 is 0 Å². The van der Waals surface area contributed by atoms with Gasteiger partial charge < -0.3 is 15.5 Å². The molecule has 1 aromatic carbocycles. The first-order chi connectivity index (χ1) is 12.3. The van der Waals surface area contributed by atoms with E-state index in [0.717, 1.165) is 12.0 Å². The minimum atomic E-state index is -1.13. The third-order valence-electron chi connectivity index (χ3n) is 3.79. The van der Waals surface area contributed by atoms with E-state index in [1.165, 1.54) is 0 Å². The van der Waals surface area contributed by atoms with Crippen molar-refractivity contribution in [3.8, 4) is 0 Å². The van der Waals surface area contributed by atoms with Gasteiger partial charge >= 0.3 is 5.97 Å². The number of hydrogen-bond acceptors (Lipinski definition) is 5. The summed E-state index contributed by atoms with van der Waals surface area (Å²) >= 11 is 0. The predicted molar refractivity (Wildman–Crippen MR) is 93.5 cm³/mol. The molecule has 2 aromatic rings. The fourth-order valence-corrected chi connectivity index (χ4v) is 2.50. The lowest BCUT2D eigenvalue weighted by molar-refractivity contribution is -0.782. The lowest BCUT2D eigenvalue weighted by Gasteiger charge is -2.15. The van der Waals surface area contributed by atoms with Crippen LogP contribution in [-0.2, 0) is 11.2 Å². The minimum absolute atomic E-state index is 0.0245. The molecule has 0 fully saturated rings. The van der Waals surface area contributed by atoms with E-state index in [-0.39, 0.29) is 24.3 Å². The maximum atomic E-state index is 11.9. The molecule has 8 heteroatoms. The zero-order valence-electron chi connectivity index (χ0n) is 15.1. The van der Waals surface area contributed by atoms with Gasteiger partial charge in [0, 0.05) is 13.3 Å². The SMILES string of the molecule is CC(C)CC(N=C([O-])Nc1c[n+](C(C)Cc2ccccc2)no1)C(=O)O. The van der Waals surface area contributed by atoms with Crippen LogP contribution >= 0.6 is 0 Å². The van der Waals surface area contributed by atoms with Gasteiger partial charge in [0.15, 0.2) is 6.04 Å². The van der Waals surface area contributed by atoms with Gasteiger partial charge in [0.1, 0.15) is 6.04 Å². The zero-order valence-corrected chi connectivity index (χ0v) is 15.1. The Balaban J connectivity index is 2.00. The zero-order chi connectivity index (χ0) is 19.1. The molecule has 0 radical (unpaired) electrons. The smallest absolute Gasteiger partial charge is 0.328 e. The van der Waals surface area contributed by atoms with Crippen LogP contribution in [0.15, 0.2) is 46.0 Å². The molecule has 1 aromatic heterocycles. The predicted octanol–water partition coefficient (Wildman–Crippen LogP) is 1.39. The summed E-state index contributed by atoms with van der Waals surface area (Å²) in [5.41, 5.74) is 1.16. The number of hydrogen-bond donors (Lipinski definition) is 2. The van der Waals surface area contributed by atoms with Crippen LogP contribution in [0.5, 0.6) is 0 Å². The van der Waals surface area contributed by atoms with Crippen LogP contribution in [0.1, 0.15) is 38.8 Å². The number of rotatable bonds is 8. The van der Waals surface area contributed by atoms with E-state index in [1.807, 2.05) is 51.1 Å². The second kappa shape index (κ2) is 8.98. The summed E-state index contributed by atoms with van der Waals surface area (Å²) in [7, 11) is 0. The Labute approximate surface area is 152 Å². The monoisotopic (exact) mass is 360 g/mol. The number of amidine groups is 1. The number of carboxylic acid groups (broad SMARTS) is 1. The van der Waals surface area contributed by atoms with Gasteiger partial charge in [-0.3, -0.25) is 9.52 Å². The normalized spacial score (nSPS) is 14.2. The maximum absolute atomic E-state index is 11.9. The molecule has 0 aliphatic carbocycles. The Morgan fingerprint density at radius 3 is 2.65 bits per heavy atom. The van der Waals surface area contributed by atoms with E-state index in [2.05, 4.69) is 15.6 Å². The van der Waals surface area contributed by atoms with Gasteiger partial charge in [0.25, 0.3) is 12.1 Å². The molecule has 0 saturated heterocycles. The average molecular weight is 360 g/mol. The quantitative estimate of drug-likeness (QED) is 0.418. The first-order valence-corrected chi connectivity index (χ1v) is 8.52. The van der Waals surface area contributed by atoms with E-state index in [9.17, 15) is 9.90 Å². The Morgan fingerprint density at radius 1 is 1.35 bits per heavy atom. The highest BCUT2D eigenvalue weighted by molar-refractivity contribution is 5.86. The summed E-state index contributed by atoms with van der Waals surface area (Å²) in [6, 6.07) is 8.13. The molecule has 140 valence electrons. The lowest BCUT2D eigenvalue weighted by atomic mass is 10.0. The van der Waals surface area contributed by atoms with Crippen molar-refractivity contribution >= 4 is 17.9 Å². The third kappa shape index (κ3) is 5.87. The van der Waals surface area contributed by atoms with Crippen molar-refractivity contribution in [3.05, 3.63) is 42.1 Å². The van der Waals surface area contributed by atoms with Crippen LogP contribution in [0, 0.1) is 5.92 Å². The number of carbonyl (C=O) groups is 1. The van der Waals surface area contributed by atoms with Gasteiger partial charge in [0.05, 0.1) is 6.02 Å². The van der Waals surface area contributed by atoms with Crippen LogP contribution in [-0.4, -0.2) is 28.4 Å². The molecular weight excluding hydrogens is 336 g/mol. The topological polar surface area (TPSA) is 115 Å². The molecule has 2 N–H and O–H groups in total. The summed E-state index contributed by atoms with van der Waals surface area (Å²) in [4.78, 5) is 14.9. The van der Waals surface area contributed by atoms with Gasteiger partial charge in [-0.25, -0.2) is 4.79 Å². The number of carboxylic acids is 1. The highest BCUT2D eigenvalue weighted by Gasteiger charge is 2.21. The Morgan fingerprint density at radius 2 is 2.04 bits per heavy atom. The molecule has 1 heterocycles. The second-order valence-electron chi connectivity index (χ2n) is 6.63. The minimum Gasteiger partial charge on any atom is -0.846 e. The molecule has 0 saturated carbocycles. The summed E-state index contributed by atoms with van der Waals surface area (Å²) < 4.78 is 6.69. The van der Waals surface area contributed by atoms with Crippen LogP contribution in [0.3, 0.4) is 0 Å². The number of anilines is 1. The second-order valence-corrected chi connectivity index (χ2v) is 6.63. The molecule has 0 aliphatic rings. The van der Waals surface area contributed by atoms with Crippen molar-refractivity contribution in [2.75, 3.05) is 5.32 Å². The number of nitrogens with one attached hydrogen (secondary N) is 1. The molecule has 0 aliphatic heterocycles. The van der Waals surface area contributed by atoms with E-state index in [4.69, 9.17) is 9.63 Å². The highest BCUT2D eigenvalue weighted by Crippen LogP contribution is 2.11. The van der Waals surface area contributed by atoms with E-state index < -0.39 is 18.0 Å². The van der Waals surface area contributed by atoms with Gasteiger partial charge in [0.2, 0.25) is 5.27 Å². The molecule has 2 unspecified atom stereocenters. The fourth-order valence-electron chi connectivity index (χ4n) is 2.50. The first-order valence-electron chi connectivity index (χ1n) is 8.52. The summed E-state index contributed by atoms with van der Waals surface area (Å²) in [5.74, 6) is -0.899. The van der Waals surface area contributed by atoms with E-state index in [0.29, 0.717) is 0 Å². The highest BCUT2D eigenvalue weighted by atomic mass is 16.5. The molecule has 2 rings (SSSR count). The fraction of sp³-hybridized carbons (Fsp3) is 0.444. The van der Waals surface area contributed by atoms with Crippen molar-refractivity contribution < 1.29 is 24.2 Å². The lowest BCUT2D eigenvalue weighted by Crippen LogP contribution is -2.40. The molecule has 8 nitrogen and oxygen atoms in total. The molecule has 0 spiro atoms. The summed E-state index contributed by atoms with van der Waals surface area (Å²) in [6.07, 6.45) is 2.60. The van der Waals surface area contributed by atoms with Gasteiger partial charge in [-0.2, -0.15) is 0 Å². The Hall–Kier alpha value is -2.90. The van der Waals surface area contributed by atoms with Crippen LogP contribution < -0.4 is 15.1 Å². The molecular formula is C18H24N4O4. The Bertz CT molecular complexity index is 743. The first kappa shape index (κ1) is 19.4. The van der Waals surface area contributed by atoms with Crippen molar-refractivity contribution in [2.45, 2.75) is 45.7 Å². The van der Waals surface area contributed by atoms with Crippen LogP contribution in [0.4, 0.5) is 5.88 Å². The van der Waals surface area contributed by atoms with Gasteiger partial charge in [-0.05, 0) is 22.6 Å². The average Bonchev–Trinajstić information content (AvgIpc) is 3.03. The number of nitrogens with zero attached hydrogens (tertiary/aromatic N) is 3. The number of aliphatic imine (C=N–C) groups is 1. The number of aliphatic carboxylic acids is 1. The van der Waals surface area contributed by atoms with E-state index in [1.54, 1.807) is 10.9 Å². The standard InChI is InChI=1S/C18H24N4O4/c1-12(2)9-15(17(23)24)19-18(25)20-16-11-22(21-26-16)13(3)10-14-7-5-4-6-8-14/h4-8,11-13,15H,9-10H2,1-3H3,(H2-,19,20,21,23,24,25). The van der Waals surface area contributed by atoms with Crippen molar-refractivity contribution in [2.24, 2.45) is 10.9 Å². The Kier molecular flexibility index (Phi) is 6.71. The molecule has 2 atom stereocenters. The number of benzene rings is 1. The van der Waals surface area contributed by atoms with Crippen LogP contribution in [0.2, 0.25) is 0 Å². The third-order valence-corrected chi connectivity index (χ3v) is 3.79. The molecule has 26 heavy (non-hydrogen) atoms.